The van der Waals surface area contributed by atoms with E-state index in [0.717, 1.165) is 11.2 Å². The van der Waals surface area contributed by atoms with Crippen LogP contribution in [0.5, 0.6) is 5.75 Å². The van der Waals surface area contributed by atoms with Crippen LogP contribution in [0.25, 0.3) is 10.9 Å². The first-order chi connectivity index (χ1) is 13.5. The number of hydroxylamine groups is 1. The maximum Gasteiger partial charge on any atom is 0.243 e. The highest BCUT2D eigenvalue weighted by Gasteiger charge is 2.30. The lowest BCUT2D eigenvalue weighted by Crippen LogP contribution is -2.35. The molecule has 2 aromatic carbocycles. The number of benzene rings is 2. The van der Waals surface area contributed by atoms with Gasteiger partial charge in [-0.25, -0.2) is 13.9 Å². The number of H-pyrrole nitrogens is 1. The summed E-state index contributed by atoms with van der Waals surface area (Å²) >= 11 is 0. The number of carbonyl (C=O) groups is 1. The molecule has 0 radical (unpaired) electrons. The number of hydrogen-bond donors (Lipinski definition) is 3. The van der Waals surface area contributed by atoms with Crippen LogP contribution in [0.3, 0.4) is 0 Å². The number of nitrogens with zero attached hydrogens (tertiary/aromatic N) is 1. The summed E-state index contributed by atoms with van der Waals surface area (Å²) in [5.74, 6) is 0.644. The number of sulfonamides is 1. The normalized spacial score (nSPS) is 13.9. The average molecular weight is 403 g/mol. The van der Waals surface area contributed by atoms with E-state index in [4.69, 9.17) is 14.7 Å². The van der Waals surface area contributed by atoms with Crippen molar-refractivity contribution < 1.29 is 23.2 Å². The zero-order valence-electron chi connectivity index (χ0n) is 15.3. The van der Waals surface area contributed by atoms with E-state index < -0.39 is 10.0 Å². The lowest BCUT2D eigenvalue weighted by molar-refractivity contribution is -0.116. The standard InChI is InChI=1S/C18H18N2O3S.CH3NO2/c1-23-13-6-8-14(9-7-13)24(21,22)20-11-10-16-15-4-2-3-5-17(15)19-18(16)12-20;3-1-2-4/h2-9,19H,10-12H2,1H3;1,4H,(H,2,3). The Hall–Kier alpha value is -2.88. The number of para-hydroxylation sites is 1. The van der Waals surface area contributed by atoms with Gasteiger partial charge in [-0.1, -0.05) is 18.2 Å². The molecule has 3 aromatic rings. The molecule has 4 rings (SSSR count). The van der Waals surface area contributed by atoms with Gasteiger partial charge in [0.1, 0.15) is 5.75 Å². The fourth-order valence-corrected chi connectivity index (χ4v) is 4.68. The predicted octanol–water partition coefficient (Wildman–Crippen LogP) is 2.05. The Kier molecular flexibility index (Phi) is 5.98. The molecule has 0 unspecified atom stereocenters. The van der Waals surface area contributed by atoms with Gasteiger partial charge in [-0.3, -0.25) is 10.0 Å². The van der Waals surface area contributed by atoms with Crippen molar-refractivity contribution in [1.82, 2.24) is 14.8 Å². The average Bonchev–Trinajstić information content (AvgIpc) is 3.12. The molecule has 0 aliphatic carbocycles. The minimum Gasteiger partial charge on any atom is -0.497 e. The number of methoxy groups -OCH3 is 1. The first kappa shape index (κ1) is 19.9. The number of nitrogens with one attached hydrogen (secondary N) is 2. The highest BCUT2D eigenvalue weighted by molar-refractivity contribution is 7.89. The van der Waals surface area contributed by atoms with E-state index >= 15 is 0 Å². The van der Waals surface area contributed by atoms with Crippen LogP contribution < -0.4 is 10.2 Å². The van der Waals surface area contributed by atoms with Crippen LogP contribution in [0.4, 0.5) is 0 Å². The van der Waals surface area contributed by atoms with Crippen LogP contribution in [-0.2, 0) is 27.8 Å². The zero-order valence-corrected chi connectivity index (χ0v) is 16.1. The monoisotopic (exact) mass is 403 g/mol. The summed E-state index contributed by atoms with van der Waals surface area (Å²) < 4.78 is 32.4. The number of amides is 1. The molecule has 9 heteroatoms. The zero-order chi connectivity index (χ0) is 20.1. The highest BCUT2D eigenvalue weighted by Crippen LogP contribution is 2.30. The smallest absolute Gasteiger partial charge is 0.243 e. The molecule has 0 saturated heterocycles. The van der Waals surface area contributed by atoms with Gasteiger partial charge in [0.15, 0.2) is 0 Å². The Balaban J connectivity index is 0.000000516. The molecule has 8 nitrogen and oxygen atoms in total. The van der Waals surface area contributed by atoms with Gasteiger partial charge in [-0.2, -0.15) is 4.31 Å². The van der Waals surface area contributed by atoms with E-state index in [0.29, 0.717) is 30.2 Å². The van der Waals surface area contributed by atoms with E-state index in [1.165, 1.54) is 20.7 Å². The Morgan fingerprint density at radius 2 is 1.86 bits per heavy atom. The molecular weight excluding hydrogens is 382 g/mol. The molecule has 0 saturated carbocycles. The number of carbonyl (C=O) groups excluding carboxylic acids is 1. The van der Waals surface area contributed by atoms with Gasteiger partial charge in [0, 0.05) is 23.1 Å². The van der Waals surface area contributed by atoms with E-state index in [9.17, 15) is 8.42 Å². The van der Waals surface area contributed by atoms with Gasteiger partial charge in [0.05, 0.1) is 18.6 Å². The molecule has 1 aliphatic rings. The van der Waals surface area contributed by atoms with Gasteiger partial charge in [0.25, 0.3) is 0 Å². The van der Waals surface area contributed by atoms with Crippen LogP contribution in [0.15, 0.2) is 53.4 Å². The lowest BCUT2D eigenvalue weighted by atomic mass is 10.1. The van der Waals surface area contributed by atoms with E-state index in [-0.39, 0.29) is 6.41 Å². The molecule has 2 heterocycles. The van der Waals surface area contributed by atoms with Crippen molar-refractivity contribution in [3.05, 3.63) is 59.8 Å². The summed E-state index contributed by atoms with van der Waals surface area (Å²) in [7, 11) is -1.95. The minimum absolute atomic E-state index is 0.181. The molecular formula is C19H21N3O5S. The Morgan fingerprint density at radius 3 is 2.50 bits per heavy atom. The first-order valence-corrected chi connectivity index (χ1v) is 10.0. The summed E-state index contributed by atoms with van der Waals surface area (Å²) in [6.07, 6.45) is 0.898. The van der Waals surface area contributed by atoms with Crippen molar-refractivity contribution in [1.29, 1.82) is 0 Å². The van der Waals surface area contributed by atoms with Crippen LogP contribution in [0.1, 0.15) is 11.3 Å². The predicted molar refractivity (Wildman–Crippen MR) is 104 cm³/mol. The van der Waals surface area contributed by atoms with Crippen molar-refractivity contribution in [3.63, 3.8) is 0 Å². The second-order valence-electron chi connectivity index (χ2n) is 6.14. The van der Waals surface area contributed by atoms with Crippen LogP contribution in [-0.4, -0.2) is 43.0 Å². The topological polar surface area (TPSA) is 112 Å². The number of ether oxygens (including phenoxy) is 1. The molecule has 0 spiro atoms. The second kappa shape index (κ2) is 8.42. The maximum atomic E-state index is 12.9. The number of fused-ring (bicyclic) bond motifs is 3. The van der Waals surface area contributed by atoms with Gasteiger partial charge < -0.3 is 9.72 Å². The van der Waals surface area contributed by atoms with Gasteiger partial charge >= 0.3 is 0 Å². The minimum atomic E-state index is -3.51. The van der Waals surface area contributed by atoms with Crippen LogP contribution in [0.2, 0.25) is 0 Å². The highest BCUT2D eigenvalue weighted by atomic mass is 32.2. The molecule has 0 bridgehead atoms. The van der Waals surface area contributed by atoms with Crippen molar-refractivity contribution in [2.24, 2.45) is 0 Å². The first-order valence-electron chi connectivity index (χ1n) is 8.57. The van der Waals surface area contributed by atoms with Crippen molar-refractivity contribution in [2.45, 2.75) is 17.9 Å². The van der Waals surface area contributed by atoms with Gasteiger partial charge in [-0.05, 0) is 42.3 Å². The van der Waals surface area contributed by atoms with E-state index in [2.05, 4.69) is 11.1 Å². The summed E-state index contributed by atoms with van der Waals surface area (Å²) in [6, 6.07) is 14.6. The third-order valence-corrected chi connectivity index (χ3v) is 6.46. The number of aromatic amines is 1. The lowest BCUT2D eigenvalue weighted by Gasteiger charge is -2.26. The van der Waals surface area contributed by atoms with E-state index in [1.54, 1.807) is 31.4 Å². The maximum absolute atomic E-state index is 12.9. The van der Waals surface area contributed by atoms with Crippen molar-refractivity contribution in [3.8, 4) is 5.75 Å². The summed E-state index contributed by atoms with van der Waals surface area (Å²) in [6.45, 7) is 0.863. The second-order valence-corrected chi connectivity index (χ2v) is 8.08. The van der Waals surface area contributed by atoms with Crippen molar-refractivity contribution >= 4 is 27.3 Å². The fraction of sp³-hybridized carbons (Fsp3) is 0.211. The Morgan fingerprint density at radius 1 is 1.18 bits per heavy atom. The molecule has 0 fully saturated rings. The SMILES string of the molecule is COc1ccc(S(=O)(=O)N2CCc3c([nH]c4ccccc34)C2)cc1.O=CNO. The Bertz CT molecular complexity index is 1060. The molecule has 3 N–H and O–H groups in total. The summed E-state index contributed by atoms with van der Waals surface area (Å²) in [5.41, 5.74) is 4.53. The molecule has 1 aromatic heterocycles. The number of hydrogen-bond acceptors (Lipinski definition) is 5. The third kappa shape index (κ3) is 3.86. The van der Waals surface area contributed by atoms with Gasteiger partial charge in [0.2, 0.25) is 16.4 Å². The van der Waals surface area contributed by atoms with Crippen molar-refractivity contribution in [2.75, 3.05) is 13.7 Å². The number of aromatic nitrogens is 1. The molecule has 1 aliphatic heterocycles. The quantitative estimate of drug-likeness (QED) is 0.351. The van der Waals surface area contributed by atoms with E-state index in [1.807, 2.05) is 18.2 Å². The Labute approximate surface area is 162 Å². The van der Waals surface area contributed by atoms with Crippen LogP contribution in [0, 0.1) is 0 Å². The largest absolute Gasteiger partial charge is 0.497 e. The van der Waals surface area contributed by atoms with Crippen LogP contribution >= 0.6 is 0 Å². The number of rotatable bonds is 4. The molecule has 148 valence electrons. The fourth-order valence-electron chi connectivity index (χ4n) is 3.27. The summed E-state index contributed by atoms with van der Waals surface area (Å²) in [5, 5.41) is 8.45. The summed E-state index contributed by atoms with van der Waals surface area (Å²) in [4.78, 5) is 12.5. The van der Waals surface area contributed by atoms with Gasteiger partial charge in [-0.15, -0.1) is 0 Å². The molecule has 1 amide bonds. The third-order valence-electron chi connectivity index (χ3n) is 4.60. The molecule has 0 atom stereocenters. The molecule has 28 heavy (non-hydrogen) atoms.